The Morgan fingerprint density at radius 2 is 2.04 bits per heavy atom. The number of hydrogen-bond donors (Lipinski definition) is 1. The second kappa shape index (κ2) is 11.3. The molecule has 0 bridgehead atoms. The maximum absolute atomic E-state index is 13.8. The normalized spacial score (nSPS) is 21.7. The number of aliphatic hydroxyl groups is 1. The Hall–Kier alpha value is -1.41. The first-order chi connectivity index (χ1) is 12.3. The highest BCUT2D eigenvalue weighted by Gasteiger charge is 2.52. The lowest BCUT2D eigenvalue weighted by Crippen LogP contribution is -2.34. The summed E-state index contributed by atoms with van der Waals surface area (Å²) in [6.07, 6.45) is 8.96. The van der Waals surface area contributed by atoms with E-state index in [9.17, 15) is 18.7 Å². The fourth-order valence-electron chi connectivity index (χ4n) is 2.88. The minimum Gasteiger partial charge on any atom is -0.389 e. The molecule has 3 nitrogen and oxygen atoms in total. The summed E-state index contributed by atoms with van der Waals surface area (Å²) in [5.74, 6) is 1.09. The first-order valence-corrected chi connectivity index (χ1v) is 9.41. The third kappa shape index (κ3) is 7.07. The molecule has 1 aliphatic heterocycles. The van der Waals surface area contributed by atoms with Crippen LogP contribution in [0.25, 0.3) is 0 Å². The number of alkyl halides is 2. The summed E-state index contributed by atoms with van der Waals surface area (Å²) >= 11 is 0. The highest BCUT2D eigenvalue weighted by atomic mass is 19.3. The molecule has 1 saturated heterocycles. The Kier molecular flexibility index (Phi) is 9.87. The van der Waals surface area contributed by atoms with Gasteiger partial charge in [0.1, 0.15) is 0 Å². The van der Waals surface area contributed by atoms with Crippen molar-refractivity contribution in [1.82, 2.24) is 4.90 Å². The van der Waals surface area contributed by atoms with Crippen molar-refractivity contribution in [3.8, 4) is 11.8 Å². The average Bonchev–Trinajstić information content (AvgIpc) is 2.83. The number of nitrogens with zero attached hydrogens (tertiary/aromatic N) is 1. The first-order valence-electron chi connectivity index (χ1n) is 9.41. The van der Waals surface area contributed by atoms with E-state index in [1.807, 2.05) is 13.8 Å². The third-order valence-corrected chi connectivity index (χ3v) is 4.61. The van der Waals surface area contributed by atoms with Gasteiger partial charge in [-0.15, -0.1) is 11.8 Å². The molecule has 0 aromatic rings. The van der Waals surface area contributed by atoms with Crippen LogP contribution in [-0.2, 0) is 4.79 Å². The Bertz CT molecular complexity index is 522. The smallest absolute Gasteiger partial charge is 0.327 e. The average molecular weight is 367 g/mol. The standard InChI is InChI=1S/C21H31F2NO2/c1-4-6-8-9-10-11-15-24-18(16-21(22,23)20(24)26)13-14-19(25)17(3)12-7-5-2/h4,13-15,17-19,25H,6,8-12,16H2,1-3H3/b14-13+/t17-,18-,19-/m0/s1. The Balaban J connectivity index is 2.60. The van der Waals surface area contributed by atoms with Crippen LogP contribution in [-0.4, -0.2) is 34.0 Å². The Labute approximate surface area is 156 Å². The number of unbranched alkanes of at least 4 members (excludes halogenated alkanes) is 5. The van der Waals surface area contributed by atoms with E-state index in [1.54, 1.807) is 13.5 Å². The van der Waals surface area contributed by atoms with Crippen LogP contribution in [0.3, 0.4) is 0 Å². The van der Waals surface area contributed by atoms with Gasteiger partial charge < -0.3 is 10.0 Å². The lowest BCUT2D eigenvalue weighted by Gasteiger charge is -2.22. The number of hydrogen-bond acceptors (Lipinski definition) is 2. The maximum atomic E-state index is 13.8. The van der Waals surface area contributed by atoms with Gasteiger partial charge in [0, 0.05) is 12.8 Å². The molecular formula is C21H31F2NO2. The molecule has 0 aromatic carbocycles. The minimum atomic E-state index is -3.34. The predicted molar refractivity (Wildman–Crippen MR) is 99.9 cm³/mol. The molecule has 0 spiro atoms. The molecule has 3 atom stereocenters. The van der Waals surface area contributed by atoms with Crippen LogP contribution in [0.5, 0.6) is 0 Å². The number of carbonyl (C=O) groups is 1. The second-order valence-electron chi connectivity index (χ2n) is 6.90. The van der Waals surface area contributed by atoms with E-state index < -0.39 is 30.4 Å². The van der Waals surface area contributed by atoms with E-state index in [-0.39, 0.29) is 5.92 Å². The summed E-state index contributed by atoms with van der Waals surface area (Å²) in [6, 6.07) is -0.708. The molecule has 1 fully saturated rings. The molecular weight excluding hydrogens is 336 g/mol. The molecule has 1 heterocycles. The zero-order valence-electron chi connectivity index (χ0n) is 16.0. The summed E-state index contributed by atoms with van der Waals surface area (Å²) in [5, 5.41) is 10.1. The number of likely N-dealkylation sites (tertiary alicyclic amines) is 1. The quantitative estimate of drug-likeness (QED) is 0.331. The monoisotopic (exact) mass is 367 g/mol. The molecule has 0 saturated carbocycles. The van der Waals surface area contributed by atoms with Crippen molar-refractivity contribution >= 4 is 5.91 Å². The van der Waals surface area contributed by atoms with Crippen molar-refractivity contribution in [2.75, 3.05) is 0 Å². The largest absolute Gasteiger partial charge is 0.389 e. The molecule has 0 aliphatic carbocycles. The molecule has 1 N–H and O–H groups in total. The topological polar surface area (TPSA) is 40.5 Å². The van der Waals surface area contributed by atoms with Crippen molar-refractivity contribution in [2.45, 2.75) is 83.8 Å². The summed E-state index contributed by atoms with van der Waals surface area (Å²) in [6.45, 7) is 7.19. The van der Waals surface area contributed by atoms with Gasteiger partial charge in [-0.2, -0.15) is 8.78 Å². The van der Waals surface area contributed by atoms with Gasteiger partial charge in [0.25, 0.3) is 5.91 Å². The van der Waals surface area contributed by atoms with Crippen molar-refractivity contribution < 1.29 is 18.7 Å². The summed E-state index contributed by atoms with van der Waals surface area (Å²) in [4.78, 5) is 13.1. The van der Waals surface area contributed by atoms with Gasteiger partial charge in [-0.1, -0.05) is 51.7 Å². The minimum absolute atomic E-state index is 0.0934. The van der Waals surface area contributed by atoms with E-state index in [1.165, 1.54) is 12.2 Å². The van der Waals surface area contributed by atoms with Gasteiger partial charge in [-0.3, -0.25) is 4.79 Å². The zero-order chi connectivity index (χ0) is 19.6. The molecule has 26 heavy (non-hydrogen) atoms. The summed E-state index contributed by atoms with van der Waals surface area (Å²) < 4.78 is 27.7. The summed E-state index contributed by atoms with van der Waals surface area (Å²) in [5.41, 5.74) is 0. The Morgan fingerprint density at radius 3 is 2.69 bits per heavy atom. The fourth-order valence-corrected chi connectivity index (χ4v) is 2.88. The van der Waals surface area contributed by atoms with Crippen LogP contribution in [0.15, 0.2) is 12.2 Å². The van der Waals surface area contributed by atoms with E-state index in [0.29, 0.717) is 12.8 Å². The lowest BCUT2D eigenvalue weighted by molar-refractivity contribution is -0.146. The molecule has 0 unspecified atom stereocenters. The number of halogens is 2. The molecule has 0 aromatic heterocycles. The van der Waals surface area contributed by atoms with Crippen molar-refractivity contribution in [3.05, 3.63) is 25.1 Å². The highest BCUT2D eigenvalue weighted by molar-refractivity contribution is 5.87. The Morgan fingerprint density at radius 1 is 1.35 bits per heavy atom. The molecule has 1 aliphatic rings. The molecule has 1 amide bonds. The zero-order valence-corrected chi connectivity index (χ0v) is 16.0. The van der Waals surface area contributed by atoms with Gasteiger partial charge in [-0.05, 0) is 25.7 Å². The number of carbonyl (C=O) groups excluding carboxylic acids is 1. The van der Waals surface area contributed by atoms with Crippen molar-refractivity contribution in [1.29, 1.82) is 0 Å². The number of aliphatic hydroxyl groups excluding tert-OH is 1. The van der Waals surface area contributed by atoms with Gasteiger partial charge in [0.15, 0.2) is 0 Å². The lowest BCUT2D eigenvalue weighted by atomic mass is 10.00. The van der Waals surface area contributed by atoms with Crippen LogP contribution in [0.1, 0.15) is 65.7 Å². The highest BCUT2D eigenvalue weighted by Crippen LogP contribution is 2.35. The number of amides is 1. The number of rotatable bonds is 11. The van der Waals surface area contributed by atoms with Gasteiger partial charge in [-0.25, -0.2) is 0 Å². The predicted octanol–water partition coefficient (Wildman–Crippen LogP) is 4.53. The maximum Gasteiger partial charge on any atom is 0.327 e. The van der Waals surface area contributed by atoms with Crippen LogP contribution in [0.4, 0.5) is 8.78 Å². The van der Waals surface area contributed by atoms with Crippen LogP contribution >= 0.6 is 0 Å². The van der Waals surface area contributed by atoms with Crippen molar-refractivity contribution in [3.63, 3.8) is 0 Å². The van der Waals surface area contributed by atoms with E-state index >= 15 is 0 Å². The second-order valence-corrected chi connectivity index (χ2v) is 6.90. The molecule has 2 radical (unpaired) electrons. The summed E-state index contributed by atoms with van der Waals surface area (Å²) in [7, 11) is 0. The third-order valence-electron chi connectivity index (χ3n) is 4.61. The molecule has 5 heteroatoms. The molecule has 146 valence electrons. The van der Waals surface area contributed by atoms with Crippen LogP contribution in [0, 0.1) is 30.7 Å². The van der Waals surface area contributed by atoms with Gasteiger partial charge in [0.2, 0.25) is 0 Å². The van der Waals surface area contributed by atoms with Crippen LogP contribution in [0.2, 0.25) is 0 Å². The van der Waals surface area contributed by atoms with E-state index in [0.717, 1.165) is 30.6 Å². The van der Waals surface area contributed by atoms with Gasteiger partial charge in [0.05, 0.1) is 18.7 Å². The van der Waals surface area contributed by atoms with Crippen LogP contribution < -0.4 is 0 Å². The SMILES string of the molecule is CC#CC[C@H](C)[C@@H](O)/C=C/[C@H]1CC(F)(F)C(=O)N1[CH]CCCCC[CH]C. The van der Waals surface area contributed by atoms with Crippen molar-refractivity contribution in [2.24, 2.45) is 5.92 Å². The van der Waals surface area contributed by atoms with E-state index in [2.05, 4.69) is 18.3 Å². The first kappa shape index (κ1) is 22.6. The molecule has 1 rings (SSSR count). The van der Waals surface area contributed by atoms with E-state index in [4.69, 9.17) is 0 Å². The fraction of sp³-hybridized carbons (Fsp3) is 0.667. The van der Waals surface area contributed by atoms with Gasteiger partial charge >= 0.3 is 5.92 Å².